The molecule has 1 aliphatic heterocycles. The summed E-state index contributed by atoms with van der Waals surface area (Å²) in [4.78, 5) is 15.2. The highest BCUT2D eigenvalue weighted by molar-refractivity contribution is 5.84. The van der Waals surface area contributed by atoms with Crippen molar-refractivity contribution in [2.24, 2.45) is 5.92 Å². The van der Waals surface area contributed by atoms with Gasteiger partial charge in [0.15, 0.2) is 0 Å². The van der Waals surface area contributed by atoms with Gasteiger partial charge < -0.3 is 10.4 Å². The van der Waals surface area contributed by atoms with Gasteiger partial charge in [0, 0.05) is 37.3 Å². The quantitative estimate of drug-likeness (QED) is 0.578. The van der Waals surface area contributed by atoms with Crippen LogP contribution < -0.4 is 10.9 Å². The van der Waals surface area contributed by atoms with E-state index in [1.807, 2.05) is 18.2 Å². The average Bonchev–Trinajstić information content (AvgIpc) is 2.85. The van der Waals surface area contributed by atoms with Crippen molar-refractivity contribution in [2.75, 3.05) is 25.0 Å². The Labute approximate surface area is 195 Å². The van der Waals surface area contributed by atoms with Gasteiger partial charge in [-0.25, -0.2) is 4.68 Å². The zero-order chi connectivity index (χ0) is 22.6. The molecule has 5 rings (SSSR count). The van der Waals surface area contributed by atoms with Gasteiger partial charge in [0.1, 0.15) is 0 Å². The third kappa shape index (κ3) is 5.28. The summed E-state index contributed by atoms with van der Waals surface area (Å²) < 4.78 is 1.40. The first-order valence-electron chi connectivity index (χ1n) is 12.4. The zero-order valence-corrected chi connectivity index (χ0v) is 19.2. The van der Waals surface area contributed by atoms with Crippen molar-refractivity contribution in [1.82, 2.24) is 14.7 Å². The number of aliphatic hydroxyl groups excluding tert-OH is 1. The van der Waals surface area contributed by atoms with Crippen molar-refractivity contribution in [3.63, 3.8) is 0 Å². The van der Waals surface area contributed by atoms with Crippen LogP contribution in [0.3, 0.4) is 0 Å². The molecule has 0 saturated heterocycles. The van der Waals surface area contributed by atoms with E-state index >= 15 is 0 Å². The lowest BCUT2D eigenvalue weighted by Gasteiger charge is -2.30. The summed E-state index contributed by atoms with van der Waals surface area (Å²) in [5.41, 5.74) is 3.61. The molecule has 0 spiro atoms. The molecule has 1 atom stereocenters. The summed E-state index contributed by atoms with van der Waals surface area (Å²) >= 11 is 0. The molecular formula is C27H34N4O2. The first-order chi connectivity index (χ1) is 16.2. The minimum absolute atomic E-state index is 0.144. The molecule has 0 radical (unpaired) electrons. The number of aliphatic hydroxyl groups is 1. The van der Waals surface area contributed by atoms with E-state index in [0.29, 0.717) is 11.9 Å². The van der Waals surface area contributed by atoms with E-state index in [0.717, 1.165) is 43.0 Å². The van der Waals surface area contributed by atoms with Crippen LogP contribution in [0.2, 0.25) is 0 Å². The zero-order valence-electron chi connectivity index (χ0n) is 19.2. The first kappa shape index (κ1) is 22.1. The molecule has 2 N–H and O–H groups in total. The van der Waals surface area contributed by atoms with E-state index in [4.69, 9.17) is 0 Å². The fourth-order valence-corrected chi connectivity index (χ4v) is 5.35. The molecule has 2 aliphatic rings. The lowest BCUT2D eigenvalue weighted by molar-refractivity contribution is 0.0878. The summed E-state index contributed by atoms with van der Waals surface area (Å²) in [6.45, 7) is 3.48. The Balaban J connectivity index is 1.21. The number of hydrogen-bond acceptors (Lipinski definition) is 5. The number of benzene rings is 2. The predicted octanol–water partition coefficient (Wildman–Crippen LogP) is 3.81. The number of rotatable bonds is 7. The van der Waals surface area contributed by atoms with E-state index < -0.39 is 6.10 Å². The van der Waals surface area contributed by atoms with Gasteiger partial charge in [0.2, 0.25) is 0 Å². The van der Waals surface area contributed by atoms with Gasteiger partial charge in [0.05, 0.1) is 24.2 Å². The molecule has 1 saturated carbocycles. The van der Waals surface area contributed by atoms with Crippen LogP contribution >= 0.6 is 0 Å². The smallest absolute Gasteiger partial charge is 0.274 e. The highest BCUT2D eigenvalue weighted by Gasteiger charge is 2.19. The normalized spacial score (nSPS) is 18.2. The third-order valence-corrected chi connectivity index (χ3v) is 7.23. The van der Waals surface area contributed by atoms with Crippen molar-refractivity contribution in [3.05, 3.63) is 70.1 Å². The monoisotopic (exact) mass is 446 g/mol. The Morgan fingerprint density at radius 2 is 1.88 bits per heavy atom. The number of hydrogen-bond donors (Lipinski definition) is 2. The molecule has 0 amide bonds. The molecule has 3 aromatic rings. The summed E-state index contributed by atoms with van der Waals surface area (Å²) in [5.74, 6) is 0.746. The first-order valence-corrected chi connectivity index (χ1v) is 12.4. The van der Waals surface area contributed by atoms with E-state index in [1.165, 1.54) is 47.9 Å². The number of β-amino-alcohol motifs (C(OH)–C–C–N with tert-alkyl or cyclic N) is 1. The predicted molar refractivity (Wildman–Crippen MR) is 132 cm³/mol. The molecule has 2 heterocycles. The lowest BCUT2D eigenvalue weighted by Crippen LogP contribution is -2.40. The molecular weight excluding hydrogens is 412 g/mol. The molecule has 2 aromatic carbocycles. The van der Waals surface area contributed by atoms with E-state index in [9.17, 15) is 9.90 Å². The summed E-state index contributed by atoms with van der Waals surface area (Å²) in [5, 5.41) is 20.1. The average molecular weight is 447 g/mol. The van der Waals surface area contributed by atoms with Crippen molar-refractivity contribution in [3.8, 4) is 0 Å². The Morgan fingerprint density at radius 3 is 2.73 bits per heavy atom. The van der Waals surface area contributed by atoms with Crippen LogP contribution in [0.25, 0.3) is 10.8 Å². The van der Waals surface area contributed by atoms with Crippen molar-refractivity contribution < 1.29 is 5.11 Å². The molecule has 174 valence electrons. The molecule has 1 fully saturated rings. The van der Waals surface area contributed by atoms with Crippen molar-refractivity contribution >= 4 is 16.5 Å². The van der Waals surface area contributed by atoms with Crippen molar-refractivity contribution in [2.45, 2.75) is 57.7 Å². The summed E-state index contributed by atoms with van der Waals surface area (Å²) in [6.07, 6.45) is 8.74. The van der Waals surface area contributed by atoms with Crippen LogP contribution in [0, 0.1) is 5.92 Å². The highest BCUT2D eigenvalue weighted by atomic mass is 16.3. The number of nitrogens with one attached hydrogen (secondary N) is 1. The Hall–Kier alpha value is -2.70. The molecule has 0 unspecified atom stereocenters. The molecule has 0 bridgehead atoms. The maximum atomic E-state index is 13.0. The number of nitrogens with zero attached hydrogens (tertiary/aromatic N) is 3. The molecule has 6 heteroatoms. The van der Waals surface area contributed by atoms with Crippen LogP contribution in [0.15, 0.2) is 53.5 Å². The topological polar surface area (TPSA) is 70.4 Å². The van der Waals surface area contributed by atoms with Crippen LogP contribution in [0.5, 0.6) is 0 Å². The van der Waals surface area contributed by atoms with Gasteiger partial charge >= 0.3 is 0 Å². The maximum Gasteiger partial charge on any atom is 0.274 e. The number of fused-ring (bicyclic) bond motifs is 2. The second-order valence-corrected chi connectivity index (χ2v) is 9.73. The molecule has 6 nitrogen and oxygen atoms in total. The summed E-state index contributed by atoms with van der Waals surface area (Å²) in [6, 6.07) is 14.4. The Morgan fingerprint density at radius 1 is 1.06 bits per heavy atom. The maximum absolute atomic E-state index is 13.0. The SMILES string of the molecule is O=c1c2ccc(NCC3CCCCC3)cc2cnn1C[C@H](O)CN1CCc2ccccc2C1. The van der Waals surface area contributed by atoms with Gasteiger partial charge in [-0.15, -0.1) is 0 Å². The highest BCUT2D eigenvalue weighted by Crippen LogP contribution is 2.24. The molecule has 1 aromatic heterocycles. The van der Waals surface area contributed by atoms with Crippen molar-refractivity contribution in [1.29, 1.82) is 0 Å². The standard InChI is InChI=1S/C27H34N4O2/c32-25(18-30-13-12-21-8-4-5-9-22(21)17-30)19-31-27(33)26-11-10-24(14-23(26)16-29-31)28-15-20-6-2-1-3-7-20/h4-5,8-11,14,16,20,25,28,32H,1-3,6-7,12-13,15,17-19H2/t25-/m1/s1. The lowest BCUT2D eigenvalue weighted by atomic mass is 9.89. The van der Waals surface area contributed by atoms with Gasteiger partial charge in [-0.05, 0) is 54.5 Å². The summed E-state index contributed by atoms with van der Waals surface area (Å²) in [7, 11) is 0. The fourth-order valence-electron chi connectivity index (χ4n) is 5.35. The van der Waals surface area contributed by atoms with E-state index in [1.54, 1.807) is 6.20 Å². The van der Waals surface area contributed by atoms with Crippen LogP contribution in [-0.4, -0.2) is 45.5 Å². The van der Waals surface area contributed by atoms with Crippen LogP contribution in [0.4, 0.5) is 5.69 Å². The number of anilines is 1. The van der Waals surface area contributed by atoms with Gasteiger partial charge in [-0.2, -0.15) is 5.10 Å². The minimum atomic E-state index is -0.644. The van der Waals surface area contributed by atoms with Gasteiger partial charge in [-0.3, -0.25) is 9.69 Å². The van der Waals surface area contributed by atoms with E-state index in [2.05, 4.69) is 39.6 Å². The third-order valence-electron chi connectivity index (χ3n) is 7.23. The second kappa shape index (κ2) is 10.1. The minimum Gasteiger partial charge on any atom is -0.390 e. The number of aromatic nitrogens is 2. The fraction of sp³-hybridized carbons (Fsp3) is 0.481. The Kier molecular flexibility index (Phi) is 6.74. The van der Waals surface area contributed by atoms with Gasteiger partial charge in [0.25, 0.3) is 5.56 Å². The van der Waals surface area contributed by atoms with E-state index in [-0.39, 0.29) is 12.1 Å². The second-order valence-electron chi connectivity index (χ2n) is 9.73. The molecule has 1 aliphatic carbocycles. The Bertz CT molecular complexity index is 1150. The van der Waals surface area contributed by atoms with Gasteiger partial charge in [-0.1, -0.05) is 43.5 Å². The van der Waals surface area contributed by atoms with Crippen LogP contribution in [0.1, 0.15) is 43.2 Å². The largest absolute Gasteiger partial charge is 0.390 e. The van der Waals surface area contributed by atoms with Crippen LogP contribution in [-0.2, 0) is 19.5 Å². The molecule has 33 heavy (non-hydrogen) atoms.